The van der Waals surface area contributed by atoms with Crippen LogP contribution in [0.5, 0.6) is 5.75 Å². The smallest absolute Gasteiger partial charge is 0.260 e. The lowest BCUT2D eigenvalue weighted by Gasteiger charge is -2.34. The minimum atomic E-state index is 0.0138. The van der Waals surface area contributed by atoms with Crippen molar-refractivity contribution in [3.63, 3.8) is 0 Å². The van der Waals surface area contributed by atoms with Crippen LogP contribution in [0, 0.1) is 13.8 Å². The van der Waals surface area contributed by atoms with Crippen molar-refractivity contribution < 1.29 is 13.9 Å². The van der Waals surface area contributed by atoms with Crippen LogP contribution >= 0.6 is 11.6 Å². The molecule has 4 rings (SSSR count). The van der Waals surface area contributed by atoms with Crippen LogP contribution < -0.4 is 4.74 Å². The van der Waals surface area contributed by atoms with Gasteiger partial charge in [-0.15, -0.1) is 0 Å². The molecule has 0 aliphatic carbocycles. The molecule has 3 aromatic rings. The molecule has 0 radical (unpaired) electrons. The number of oxazole rings is 1. The van der Waals surface area contributed by atoms with Crippen LogP contribution in [0.1, 0.15) is 17.0 Å². The van der Waals surface area contributed by atoms with Crippen LogP contribution in [-0.4, -0.2) is 53.5 Å². The largest absolute Gasteiger partial charge is 0.484 e. The van der Waals surface area contributed by atoms with Crippen molar-refractivity contribution in [3.8, 4) is 17.1 Å². The Morgan fingerprint density at radius 2 is 1.74 bits per heavy atom. The molecule has 0 saturated carbocycles. The summed E-state index contributed by atoms with van der Waals surface area (Å²) < 4.78 is 11.6. The normalized spacial score (nSPS) is 14.6. The van der Waals surface area contributed by atoms with E-state index in [4.69, 9.17) is 20.8 Å². The van der Waals surface area contributed by atoms with Gasteiger partial charge in [0, 0.05) is 36.8 Å². The summed E-state index contributed by atoms with van der Waals surface area (Å²) in [4.78, 5) is 21.0. The third kappa shape index (κ3) is 5.66. The Bertz CT molecular complexity index is 1020. The van der Waals surface area contributed by atoms with Crippen LogP contribution in [0.3, 0.4) is 0 Å². The van der Waals surface area contributed by atoms with Gasteiger partial charge in [-0.05, 0) is 61.4 Å². The Labute approximate surface area is 187 Å². The van der Waals surface area contributed by atoms with Crippen LogP contribution in [0.4, 0.5) is 0 Å². The second kappa shape index (κ2) is 9.54. The topological polar surface area (TPSA) is 58.8 Å². The Balaban J connectivity index is 1.25. The van der Waals surface area contributed by atoms with E-state index in [2.05, 4.69) is 16.0 Å². The number of piperazine rings is 1. The second-order valence-electron chi connectivity index (χ2n) is 7.89. The minimum absolute atomic E-state index is 0.0138. The zero-order valence-electron chi connectivity index (χ0n) is 17.8. The Kier molecular flexibility index (Phi) is 6.59. The predicted octanol–water partition coefficient (Wildman–Crippen LogP) is 4.34. The molecule has 1 saturated heterocycles. The number of aromatic nitrogens is 1. The van der Waals surface area contributed by atoms with Gasteiger partial charge in [-0.25, -0.2) is 4.98 Å². The number of carbonyl (C=O) groups excluding carboxylic acids is 1. The third-order valence-corrected chi connectivity index (χ3v) is 5.58. The molecule has 0 atom stereocenters. The molecule has 31 heavy (non-hydrogen) atoms. The number of carbonyl (C=O) groups is 1. The highest BCUT2D eigenvalue weighted by molar-refractivity contribution is 6.30. The molecule has 1 aliphatic heterocycles. The second-order valence-corrected chi connectivity index (χ2v) is 8.33. The summed E-state index contributed by atoms with van der Waals surface area (Å²) in [5.74, 6) is 2.15. The van der Waals surface area contributed by atoms with Crippen molar-refractivity contribution in [2.24, 2.45) is 0 Å². The molecule has 0 spiro atoms. The molecule has 0 unspecified atom stereocenters. The van der Waals surface area contributed by atoms with E-state index >= 15 is 0 Å². The summed E-state index contributed by atoms with van der Waals surface area (Å²) in [5, 5.41) is 0.690. The van der Waals surface area contributed by atoms with Crippen molar-refractivity contribution in [1.29, 1.82) is 0 Å². The van der Waals surface area contributed by atoms with Crippen molar-refractivity contribution >= 4 is 17.5 Å². The van der Waals surface area contributed by atoms with E-state index in [0.29, 0.717) is 30.5 Å². The first-order valence-corrected chi connectivity index (χ1v) is 10.8. The van der Waals surface area contributed by atoms with Crippen LogP contribution in [0.15, 0.2) is 53.1 Å². The lowest BCUT2D eigenvalue weighted by molar-refractivity contribution is -0.135. The van der Waals surface area contributed by atoms with Gasteiger partial charge in [-0.3, -0.25) is 9.69 Å². The quantitative estimate of drug-likeness (QED) is 0.572. The number of aryl methyl sites for hydroxylation is 2. The van der Waals surface area contributed by atoms with Gasteiger partial charge < -0.3 is 14.1 Å². The summed E-state index contributed by atoms with van der Waals surface area (Å²) >= 11 is 5.94. The zero-order chi connectivity index (χ0) is 21.8. The van der Waals surface area contributed by atoms with Gasteiger partial charge in [0.2, 0.25) is 5.89 Å². The van der Waals surface area contributed by atoms with Gasteiger partial charge in [0.05, 0.1) is 12.7 Å². The van der Waals surface area contributed by atoms with Gasteiger partial charge in [-0.2, -0.15) is 0 Å². The van der Waals surface area contributed by atoms with E-state index in [0.717, 1.165) is 41.3 Å². The van der Waals surface area contributed by atoms with E-state index in [1.807, 2.05) is 55.1 Å². The molecule has 162 valence electrons. The maximum Gasteiger partial charge on any atom is 0.260 e. The lowest BCUT2D eigenvalue weighted by Crippen LogP contribution is -2.49. The highest BCUT2D eigenvalue weighted by atomic mass is 35.5. The zero-order valence-corrected chi connectivity index (χ0v) is 18.6. The number of amides is 1. The molecule has 1 aliphatic rings. The third-order valence-electron chi connectivity index (χ3n) is 5.32. The van der Waals surface area contributed by atoms with Gasteiger partial charge in [0.1, 0.15) is 5.75 Å². The fourth-order valence-corrected chi connectivity index (χ4v) is 3.86. The number of hydrogen-bond donors (Lipinski definition) is 0. The summed E-state index contributed by atoms with van der Waals surface area (Å²) in [5.41, 5.74) is 3.20. The van der Waals surface area contributed by atoms with Gasteiger partial charge in [0.15, 0.2) is 12.4 Å². The van der Waals surface area contributed by atoms with Gasteiger partial charge in [-0.1, -0.05) is 17.7 Å². The Morgan fingerprint density at radius 3 is 2.42 bits per heavy atom. The fourth-order valence-electron chi connectivity index (χ4n) is 3.73. The molecule has 2 heterocycles. The van der Waals surface area contributed by atoms with Crippen molar-refractivity contribution in [2.45, 2.75) is 20.4 Å². The van der Waals surface area contributed by atoms with Gasteiger partial charge in [0.25, 0.3) is 5.91 Å². The first-order valence-electron chi connectivity index (χ1n) is 10.4. The van der Waals surface area contributed by atoms with Crippen LogP contribution in [-0.2, 0) is 11.3 Å². The maximum atomic E-state index is 12.5. The molecule has 6 nitrogen and oxygen atoms in total. The monoisotopic (exact) mass is 439 g/mol. The number of rotatable bonds is 6. The summed E-state index contributed by atoms with van der Waals surface area (Å²) in [6.07, 6.45) is 1.74. The molecule has 1 fully saturated rings. The first-order chi connectivity index (χ1) is 15.0. The summed E-state index contributed by atoms with van der Waals surface area (Å²) in [7, 11) is 0. The molecule has 0 N–H and O–H groups in total. The minimum Gasteiger partial charge on any atom is -0.484 e. The van der Waals surface area contributed by atoms with Crippen molar-refractivity contribution in [1.82, 2.24) is 14.8 Å². The molecular weight excluding hydrogens is 414 g/mol. The van der Waals surface area contributed by atoms with Crippen LogP contribution in [0.25, 0.3) is 11.3 Å². The Hall–Kier alpha value is -2.83. The average molecular weight is 440 g/mol. The SMILES string of the molecule is Cc1cc(C)cc(OCC(=O)N2CCN(Cc3ncc(-c4ccc(Cl)cc4)o3)CC2)c1. The fraction of sp³-hybridized carbons (Fsp3) is 0.333. The number of ether oxygens (including phenoxy) is 1. The van der Waals surface area contributed by atoms with E-state index in [9.17, 15) is 4.79 Å². The Morgan fingerprint density at radius 1 is 1.06 bits per heavy atom. The summed E-state index contributed by atoms with van der Waals surface area (Å²) in [6, 6.07) is 13.5. The molecular formula is C24H26ClN3O3. The molecule has 2 aromatic carbocycles. The van der Waals surface area contributed by atoms with E-state index < -0.39 is 0 Å². The van der Waals surface area contributed by atoms with Crippen LogP contribution in [0.2, 0.25) is 5.02 Å². The summed E-state index contributed by atoms with van der Waals surface area (Å²) in [6.45, 7) is 7.60. The van der Waals surface area contributed by atoms with Crippen molar-refractivity contribution in [3.05, 3.63) is 70.7 Å². The standard InChI is InChI=1S/C24H26ClN3O3/c1-17-11-18(2)13-21(12-17)30-16-24(29)28-9-7-27(8-10-28)15-23-26-14-22(31-23)19-3-5-20(25)6-4-19/h3-6,11-14H,7-10,15-16H2,1-2H3. The van der Waals surface area contributed by atoms with Crippen molar-refractivity contribution in [2.75, 3.05) is 32.8 Å². The highest BCUT2D eigenvalue weighted by Gasteiger charge is 2.22. The number of halogens is 1. The number of nitrogens with zero attached hydrogens (tertiary/aromatic N) is 3. The van der Waals surface area contributed by atoms with Gasteiger partial charge >= 0.3 is 0 Å². The number of hydrogen-bond acceptors (Lipinski definition) is 5. The molecule has 1 amide bonds. The number of benzene rings is 2. The predicted molar refractivity (Wildman–Crippen MR) is 120 cm³/mol. The van der Waals surface area contributed by atoms with E-state index in [-0.39, 0.29) is 12.5 Å². The molecule has 1 aromatic heterocycles. The van der Waals surface area contributed by atoms with E-state index in [1.54, 1.807) is 6.20 Å². The average Bonchev–Trinajstić information content (AvgIpc) is 3.21. The van der Waals surface area contributed by atoms with E-state index in [1.165, 1.54) is 0 Å². The maximum absolute atomic E-state index is 12.5. The molecule has 7 heteroatoms. The lowest BCUT2D eigenvalue weighted by atomic mass is 10.1. The molecule has 0 bridgehead atoms. The highest BCUT2D eigenvalue weighted by Crippen LogP contribution is 2.23. The first kappa shape index (κ1) is 21.4.